The highest BCUT2D eigenvalue weighted by molar-refractivity contribution is 7.85. The lowest BCUT2D eigenvalue weighted by Crippen LogP contribution is -2.01. The fourth-order valence-corrected chi connectivity index (χ4v) is 1.55. The van der Waals surface area contributed by atoms with Gasteiger partial charge in [-0.05, 0) is 32.5 Å². The Morgan fingerprint density at radius 2 is 1.74 bits per heavy atom. The number of rotatable bonds is 4. The molecule has 0 bridgehead atoms. The zero-order chi connectivity index (χ0) is 15.1. The standard InChI is InChI=1S/C9H10.C3H8O3S.C2H7N/c1-2-6-9-7-4-3-5-8-9;1-2-3-7(4,5)6;1-3-2/h2-5,7-8H,1,6H2;2-3H2,1H3,(H,4,5,6);3H,1-2H3. The molecule has 0 fully saturated rings. The maximum Gasteiger partial charge on any atom is 0.264 e. The Bertz CT molecular complexity index is 402. The van der Waals surface area contributed by atoms with Crippen molar-refractivity contribution in [3.05, 3.63) is 48.6 Å². The van der Waals surface area contributed by atoms with Crippen LogP contribution in [0.5, 0.6) is 0 Å². The van der Waals surface area contributed by atoms with Gasteiger partial charge in [-0.1, -0.05) is 43.3 Å². The summed E-state index contributed by atoms with van der Waals surface area (Å²) in [5, 5.41) is 2.75. The van der Waals surface area contributed by atoms with Crippen LogP contribution in [-0.4, -0.2) is 32.8 Å². The zero-order valence-electron chi connectivity index (χ0n) is 12.0. The molecular formula is C14H25NO3S. The van der Waals surface area contributed by atoms with Crippen molar-refractivity contribution < 1.29 is 13.0 Å². The van der Waals surface area contributed by atoms with Gasteiger partial charge in [-0.15, -0.1) is 6.58 Å². The number of allylic oxidation sites excluding steroid dienone is 1. The molecule has 2 N–H and O–H groups in total. The van der Waals surface area contributed by atoms with Crippen LogP contribution in [0.25, 0.3) is 0 Å². The lowest BCUT2D eigenvalue weighted by molar-refractivity contribution is 0.482. The van der Waals surface area contributed by atoms with Gasteiger partial charge in [-0.3, -0.25) is 4.55 Å². The molecule has 0 unspecified atom stereocenters. The first kappa shape index (κ1) is 20.2. The number of hydrogen-bond acceptors (Lipinski definition) is 3. The van der Waals surface area contributed by atoms with Gasteiger partial charge in [0.15, 0.2) is 0 Å². The van der Waals surface area contributed by atoms with Crippen LogP contribution in [-0.2, 0) is 16.5 Å². The largest absolute Gasteiger partial charge is 0.323 e. The first-order valence-corrected chi connectivity index (χ1v) is 7.70. The normalized spacial score (nSPS) is 9.47. The lowest BCUT2D eigenvalue weighted by atomic mass is 10.2. The average molecular weight is 287 g/mol. The van der Waals surface area contributed by atoms with Crippen molar-refractivity contribution in [2.75, 3.05) is 19.8 Å². The van der Waals surface area contributed by atoms with E-state index in [2.05, 4.69) is 24.0 Å². The van der Waals surface area contributed by atoms with Gasteiger partial charge >= 0.3 is 0 Å². The van der Waals surface area contributed by atoms with E-state index in [4.69, 9.17) is 4.55 Å². The van der Waals surface area contributed by atoms with Gasteiger partial charge < -0.3 is 5.32 Å². The van der Waals surface area contributed by atoms with Crippen LogP contribution in [0.15, 0.2) is 43.0 Å². The summed E-state index contributed by atoms with van der Waals surface area (Å²) in [5.41, 5.74) is 1.33. The van der Waals surface area contributed by atoms with E-state index in [-0.39, 0.29) is 5.75 Å². The van der Waals surface area contributed by atoms with Crippen LogP contribution in [0.2, 0.25) is 0 Å². The summed E-state index contributed by atoms with van der Waals surface area (Å²) in [5.74, 6) is -0.132. The molecule has 1 aromatic carbocycles. The summed E-state index contributed by atoms with van der Waals surface area (Å²) in [6.07, 6.45) is 3.36. The Labute approximate surface area is 117 Å². The average Bonchev–Trinajstić information content (AvgIpc) is 2.31. The summed E-state index contributed by atoms with van der Waals surface area (Å²) >= 11 is 0. The van der Waals surface area contributed by atoms with Gasteiger partial charge in [-0.25, -0.2) is 0 Å². The van der Waals surface area contributed by atoms with Crippen molar-refractivity contribution in [3.8, 4) is 0 Å². The summed E-state index contributed by atoms with van der Waals surface area (Å²) in [6.45, 7) is 5.34. The lowest BCUT2D eigenvalue weighted by Gasteiger charge is -1.91. The smallest absolute Gasteiger partial charge is 0.264 e. The molecule has 0 heterocycles. The van der Waals surface area contributed by atoms with Gasteiger partial charge in [0.2, 0.25) is 0 Å². The molecule has 110 valence electrons. The van der Waals surface area contributed by atoms with Crippen LogP contribution < -0.4 is 5.32 Å². The van der Waals surface area contributed by atoms with Crippen LogP contribution >= 0.6 is 0 Å². The predicted octanol–water partition coefficient (Wildman–Crippen LogP) is 2.53. The molecule has 0 spiro atoms. The monoisotopic (exact) mass is 287 g/mol. The number of hydrogen-bond donors (Lipinski definition) is 2. The van der Waals surface area contributed by atoms with Crippen molar-refractivity contribution in [2.24, 2.45) is 0 Å². The molecule has 0 saturated carbocycles. The predicted molar refractivity (Wildman–Crippen MR) is 82.0 cm³/mol. The van der Waals surface area contributed by atoms with E-state index in [0.717, 1.165) is 6.42 Å². The molecule has 1 aromatic rings. The molecule has 0 atom stereocenters. The first-order chi connectivity index (χ1) is 8.91. The van der Waals surface area contributed by atoms with Gasteiger partial charge in [0.05, 0.1) is 5.75 Å². The second kappa shape index (κ2) is 13.3. The SMILES string of the molecule is C=CCc1ccccc1.CCCS(=O)(=O)O.CNC. The van der Waals surface area contributed by atoms with Gasteiger partial charge in [-0.2, -0.15) is 8.42 Å². The fraction of sp³-hybridized carbons (Fsp3) is 0.429. The second-order valence-corrected chi connectivity index (χ2v) is 5.34. The van der Waals surface area contributed by atoms with Crippen molar-refractivity contribution in [1.82, 2.24) is 5.32 Å². The number of benzene rings is 1. The molecule has 19 heavy (non-hydrogen) atoms. The first-order valence-electron chi connectivity index (χ1n) is 6.09. The minimum atomic E-state index is -3.67. The van der Waals surface area contributed by atoms with E-state index in [1.54, 1.807) is 6.92 Å². The van der Waals surface area contributed by atoms with Crippen LogP contribution in [0.1, 0.15) is 18.9 Å². The summed E-state index contributed by atoms with van der Waals surface area (Å²) in [7, 11) is 0.0758. The van der Waals surface area contributed by atoms with E-state index in [9.17, 15) is 8.42 Å². The van der Waals surface area contributed by atoms with Gasteiger partial charge in [0.1, 0.15) is 0 Å². The minimum Gasteiger partial charge on any atom is -0.323 e. The molecular weight excluding hydrogens is 262 g/mol. The Kier molecular flexibility index (Phi) is 14.1. The van der Waals surface area contributed by atoms with Gasteiger partial charge in [0, 0.05) is 0 Å². The molecule has 1 rings (SSSR count). The maximum atomic E-state index is 9.79. The Morgan fingerprint density at radius 3 is 2.00 bits per heavy atom. The summed E-state index contributed by atoms with van der Waals surface area (Å²) in [6, 6.07) is 10.3. The summed E-state index contributed by atoms with van der Waals surface area (Å²) in [4.78, 5) is 0. The van der Waals surface area contributed by atoms with Crippen LogP contribution in [0.3, 0.4) is 0 Å². The molecule has 0 radical (unpaired) electrons. The van der Waals surface area contributed by atoms with Gasteiger partial charge in [0.25, 0.3) is 10.1 Å². The molecule has 0 aliphatic carbocycles. The van der Waals surface area contributed by atoms with E-state index in [0.29, 0.717) is 6.42 Å². The fourth-order valence-electron chi connectivity index (χ4n) is 1.04. The third-order valence-electron chi connectivity index (χ3n) is 1.68. The third-order valence-corrected chi connectivity index (χ3v) is 2.61. The summed E-state index contributed by atoms with van der Waals surface area (Å²) < 4.78 is 27.6. The third kappa shape index (κ3) is 19.4. The Balaban J connectivity index is 0. The highest BCUT2D eigenvalue weighted by Gasteiger charge is 1.98. The van der Waals surface area contributed by atoms with E-state index in [1.165, 1.54) is 5.56 Å². The Morgan fingerprint density at radius 1 is 1.26 bits per heavy atom. The Hall–Kier alpha value is -1.17. The maximum absolute atomic E-state index is 9.79. The molecule has 0 amide bonds. The van der Waals surface area contributed by atoms with Crippen molar-refractivity contribution in [2.45, 2.75) is 19.8 Å². The van der Waals surface area contributed by atoms with Crippen molar-refractivity contribution in [1.29, 1.82) is 0 Å². The molecule has 4 nitrogen and oxygen atoms in total. The zero-order valence-corrected chi connectivity index (χ0v) is 12.8. The molecule has 0 saturated heterocycles. The van der Waals surface area contributed by atoms with Crippen molar-refractivity contribution in [3.63, 3.8) is 0 Å². The highest BCUT2D eigenvalue weighted by atomic mass is 32.2. The van der Waals surface area contributed by atoms with E-state index in [1.807, 2.05) is 38.4 Å². The molecule has 0 aliphatic heterocycles. The van der Waals surface area contributed by atoms with Crippen LogP contribution in [0.4, 0.5) is 0 Å². The second-order valence-electron chi connectivity index (χ2n) is 3.76. The van der Waals surface area contributed by atoms with Crippen molar-refractivity contribution >= 4 is 10.1 Å². The van der Waals surface area contributed by atoms with E-state index < -0.39 is 10.1 Å². The van der Waals surface area contributed by atoms with E-state index >= 15 is 0 Å². The highest BCUT2D eigenvalue weighted by Crippen LogP contribution is 1.98. The molecule has 0 aromatic heterocycles. The number of nitrogens with one attached hydrogen (secondary N) is 1. The quantitative estimate of drug-likeness (QED) is 0.659. The van der Waals surface area contributed by atoms with Crippen LogP contribution in [0, 0.1) is 0 Å². The topological polar surface area (TPSA) is 66.4 Å². The minimum absolute atomic E-state index is 0.132. The molecule has 0 aliphatic rings. The molecule has 5 heteroatoms.